The highest BCUT2D eigenvalue weighted by atomic mass is 16.2. The lowest BCUT2D eigenvalue weighted by Crippen LogP contribution is -3.30. The van der Waals surface area contributed by atoms with Crippen LogP contribution in [0, 0.1) is 0 Å². The van der Waals surface area contributed by atoms with E-state index in [1.165, 1.54) is 9.80 Å². The molecule has 0 bridgehead atoms. The Morgan fingerprint density at radius 2 is 1.95 bits per heavy atom. The van der Waals surface area contributed by atoms with Crippen LogP contribution in [0.15, 0.2) is 0 Å². The van der Waals surface area contributed by atoms with E-state index in [4.69, 9.17) is 0 Å². The predicted molar refractivity (Wildman–Crippen MR) is 71.1 cm³/mol. The molecule has 0 aromatic carbocycles. The maximum Gasteiger partial charge on any atom is 0.285 e. The van der Waals surface area contributed by atoms with Gasteiger partial charge in [0.1, 0.15) is 26.2 Å². The summed E-state index contributed by atoms with van der Waals surface area (Å²) in [6, 6.07) is -0.0597. The van der Waals surface area contributed by atoms with Gasteiger partial charge in [0.25, 0.3) is 11.8 Å². The van der Waals surface area contributed by atoms with Gasteiger partial charge in [-0.05, 0) is 13.8 Å². The number of rotatable bonds is 4. The number of amides is 3. The van der Waals surface area contributed by atoms with E-state index < -0.39 is 0 Å². The lowest BCUT2D eigenvalue weighted by atomic mass is 10.1. The number of piperazine rings is 1. The average Bonchev–Trinajstić information content (AvgIpc) is 2.68. The number of imide groups is 1. The molecule has 3 amide bonds. The van der Waals surface area contributed by atoms with Crippen LogP contribution in [0.25, 0.3) is 0 Å². The summed E-state index contributed by atoms with van der Waals surface area (Å²) in [5.41, 5.74) is 0. The highest BCUT2D eigenvalue weighted by Crippen LogP contribution is 1.97. The molecule has 0 aliphatic carbocycles. The third-order valence-electron chi connectivity index (χ3n) is 3.92. The van der Waals surface area contributed by atoms with E-state index in [0.717, 1.165) is 26.2 Å². The third-order valence-corrected chi connectivity index (χ3v) is 3.92. The Balaban J connectivity index is 1.76. The van der Waals surface area contributed by atoms with Gasteiger partial charge in [0.2, 0.25) is 5.91 Å². The highest BCUT2D eigenvalue weighted by molar-refractivity contribution is 6.04. The van der Waals surface area contributed by atoms with Crippen molar-refractivity contribution < 1.29 is 24.2 Å². The van der Waals surface area contributed by atoms with Gasteiger partial charge in [0.05, 0.1) is 6.42 Å². The molecule has 2 rings (SSSR count). The monoisotopic (exact) mass is 284 g/mol. The molecule has 0 spiro atoms. The van der Waals surface area contributed by atoms with Gasteiger partial charge in [-0.2, -0.15) is 0 Å². The van der Waals surface area contributed by atoms with E-state index in [1.54, 1.807) is 0 Å². The average molecular weight is 284 g/mol. The number of quaternary nitrogens is 2. The first-order valence-corrected chi connectivity index (χ1v) is 7.27. The van der Waals surface area contributed by atoms with Gasteiger partial charge in [-0.25, -0.2) is 0 Å². The van der Waals surface area contributed by atoms with E-state index in [-0.39, 0.29) is 29.8 Å². The van der Waals surface area contributed by atoms with Crippen LogP contribution in [-0.4, -0.2) is 62.5 Å². The Hall–Kier alpha value is -1.47. The van der Waals surface area contributed by atoms with Gasteiger partial charge >= 0.3 is 0 Å². The first-order chi connectivity index (χ1) is 9.45. The van der Waals surface area contributed by atoms with Crippen LogP contribution < -0.4 is 20.4 Å². The lowest BCUT2D eigenvalue weighted by molar-refractivity contribution is -1.02. The first kappa shape index (κ1) is 14.9. The molecule has 0 aromatic rings. The molecule has 0 saturated carbocycles. The maximum absolute atomic E-state index is 11.7. The SMILES string of the molecule is CC(C)NC(=O)C[NH+]1CC[NH+]([C@@H]2CC(=O)NC2=O)CC1. The second kappa shape index (κ2) is 6.32. The van der Waals surface area contributed by atoms with Crippen LogP contribution in [0.5, 0.6) is 0 Å². The number of hydrogen-bond acceptors (Lipinski definition) is 3. The molecule has 2 saturated heterocycles. The molecule has 2 aliphatic rings. The Labute approximate surface area is 118 Å². The van der Waals surface area contributed by atoms with E-state index >= 15 is 0 Å². The quantitative estimate of drug-likeness (QED) is 0.394. The molecule has 20 heavy (non-hydrogen) atoms. The first-order valence-electron chi connectivity index (χ1n) is 7.27. The van der Waals surface area contributed by atoms with E-state index in [2.05, 4.69) is 10.6 Å². The van der Waals surface area contributed by atoms with Gasteiger partial charge in [-0.1, -0.05) is 0 Å². The standard InChI is InChI=1S/C13H22N4O3/c1-9(2)14-12(19)8-16-3-5-17(6-4-16)10-7-11(18)15-13(10)20/h9-10H,3-8H2,1-2H3,(H,14,19)(H,15,18,20)/p+2/t10-/m1/s1. The Bertz CT molecular complexity index is 402. The summed E-state index contributed by atoms with van der Waals surface area (Å²) in [6.07, 6.45) is 0.303. The molecule has 0 aromatic heterocycles. The zero-order valence-electron chi connectivity index (χ0n) is 12.1. The molecule has 2 heterocycles. The van der Waals surface area contributed by atoms with Crippen LogP contribution in [0.2, 0.25) is 0 Å². The number of hydrogen-bond donors (Lipinski definition) is 4. The Kier molecular flexibility index (Phi) is 4.72. The molecule has 1 atom stereocenters. The summed E-state index contributed by atoms with van der Waals surface area (Å²) < 4.78 is 0. The van der Waals surface area contributed by atoms with Crippen LogP contribution in [0.4, 0.5) is 0 Å². The number of nitrogens with one attached hydrogen (secondary N) is 4. The second-order valence-electron chi connectivity index (χ2n) is 5.98. The van der Waals surface area contributed by atoms with Crippen LogP contribution in [-0.2, 0) is 14.4 Å². The second-order valence-corrected chi connectivity index (χ2v) is 5.98. The molecule has 112 valence electrons. The number of carbonyl (C=O) groups is 3. The summed E-state index contributed by atoms with van der Waals surface area (Å²) in [5.74, 6) is -0.239. The fourth-order valence-corrected chi connectivity index (χ4v) is 2.93. The van der Waals surface area contributed by atoms with Crippen molar-refractivity contribution in [2.75, 3.05) is 32.7 Å². The molecule has 4 N–H and O–H groups in total. The van der Waals surface area contributed by atoms with Crippen molar-refractivity contribution in [3.05, 3.63) is 0 Å². The molecule has 2 fully saturated rings. The summed E-state index contributed by atoms with van der Waals surface area (Å²) in [7, 11) is 0. The molecule has 2 aliphatic heterocycles. The van der Waals surface area contributed by atoms with E-state index in [9.17, 15) is 14.4 Å². The van der Waals surface area contributed by atoms with Gasteiger partial charge in [-0.3, -0.25) is 19.7 Å². The topological polar surface area (TPSA) is 84.2 Å². The lowest BCUT2D eigenvalue weighted by Gasteiger charge is -2.31. The zero-order chi connectivity index (χ0) is 14.7. The largest absolute Gasteiger partial charge is 0.349 e. The molecule has 0 unspecified atom stereocenters. The van der Waals surface area contributed by atoms with Gasteiger partial charge < -0.3 is 15.1 Å². The van der Waals surface area contributed by atoms with Gasteiger partial charge in [0, 0.05) is 6.04 Å². The van der Waals surface area contributed by atoms with Crippen LogP contribution in [0.3, 0.4) is 0 Å². The summed E-state index contributed by atoms with van der Waals surface area (Å²) >= 11 is 0. The fourth-order valence-electron chi connectivity index (χ4n) is 2.93. The minimum absolute atomic E-state index is 0.0761. The van der Waals surface area contributed by atoms with E-state index in [0.29, 0.717) is 13.0 Å². The van der Waals surface area contributed by atoms with Crippen molar-refractivity contribution in [2.24, 2.45) is 0 Å². The van der Waals surface area contributed by atoms with Gasteiger partial charge in [0.15, 0.2) is 12.6 Å². The van der Waals surface area contributed by atoms with Crippen molar-refractivity contribution in [1.29, 1.82) is 0 Å². The highest BCUT2D eigenvalue weighted by Gasteiger charge is 2.41. The normalized spacial score (nSPS) is 30.4. The summed E-state index contributed by atoms with van der Waals surface area (Å²) in [5, 5.41) is 5.25. The van der Waals surface area contributed by atoms with Crippen molar-refractivity contribution in [3.63, 3.8) is 0 Å². The van der Waals surface area contributed by atoms with Crippen molar-refractivity contribution in [2.45, 2.75) is 32.4 Å². The van der Waals surface area contributed by atoms with Crippen molar-refractivity contribution in [3.8, 4) is 0 Å². The van der Waals surface area contributed by atoms with E-state index in [1.807, 2.05) is 13.8 Å². The molecule has 0 radical (unpaired) electrons. The van der Waals surface area contributed by atoms with Gasteiger partial charge in [-0.15, -0.1) is 0 Å². The number of carbonyl (C=O) groups excluding carboxylic acids is 3. The van der Waals surface area contributed by atoms with Crippen LogP contribution in [0.1, 0.15) is 20.3 Å². The predicted octanol–water partition coefficient (Wildman–Crippen LogP) is -4.29. The molecular weight excluding hydrogens is 260 g/mol. The maximum atomic E-state index is 11.7. The smallest absolute Gasteiger partial charge is 0.285 e. The molecule has 7 nitrogen and oxygen atoms in total. The molecular formula is C13H24N4O3+2. The summed E-state index contributed by atoms with van der Waals surface area (Å²) in [4.78, 5) is 37.0. The molecule has 7 heteroatoms. The zero-order valence-corrected chi connectivity index (χ0v) is 12.1. The Morgan fingerprint density at radius 1 is 1.30 bits per heavy atom. The van der Waals surface area contributed by atoms with Crippen molar-refractivity contribution in [1.82, 2.24) is 10.6 Å². The van der Waals surface area contributed by atoms with Crippen LogP contribution >= 0.6 is 0 Å². The summed E-state index contributed by atoms with van der Waals surface area (Å²) in [6.45, 7) is 7.76. The Morgan fingerprint density at radius 3 is 2.45 bits per heavy atom. The fraction of sp³-hybridized carbons (Fsp3) is 0.769. The third kappa shape index (κ3) is 3.77. The minimum atomic E-state index is -0.228. The minimum Gasteiger partial charge on any atom is -0.349 e. The van der Waals surface area contributed by atoms with Crippen molar-refractivity contribution >= 4 is 17.7 Å².